The van der Waals surface area contributed by atoms with Gasteiger partial charge in [0.05, 0.1) is 12.7 Å². The molecular weight excluding hydrogens is 252 g/mol. The number of hydrogen-bond acceptors (Lipinski definition) is 4. The number of carbonyl (C=O) groups excluding carboxylic acids is 1. The Labute approximate surface area is 120 Å². The Hall–Kier alpha value is -1.71. The molecule has 0 bridgehead atoms. The monoisotopic (exact) mass is 276 g/mol. The van der Waals surface area contributed by atoms with Gasteiger partial charge in [-0.1, -0.05) is 13.8 Å². The Balaban J connectivity index is 2.12. The Morgan fingerprint density at radius 2 is 2.10 bits per heavy atom. The number of methoxy groups -OCH3 is 1. The summed E-state index contributed by atoms with van der Waals surface area (Å²) in [4.78, 5) is 11.7. The van der Waals surface area contributed by atoms with Crippen molar-refractivity contribution in [3.05, 3.63) is 23.8 Å². The minimum Gasteiger partial charge on any atom is -0.465 e. The van der Waals surface area contributed by atoms with Gasteiger partial charge < -0.3 is 15.8 Å². The molecule has 1 aromatic carbocycles. The molecule has 0 saturated heterocycles. The van der Waals surface area contributed by atoms with E-state index in [1.807, 2.05) is 6.07 Å². The molecule has 0 heterocycles. The second kappa shape index (κ2) is 6.16. The van der Waals surface area contributed by atoms with Crippen molar-refractivity contribution >= 4 is 17.3 Å². The lowest BCUT2D eigenvalue weighted by Gasteiger charge is -2.34. The van der Waals surface area contributed by atoms with Gasteiger partial charge in [-0.15, -0.1) is 0 Å². The normalized spacial score (nSPS) is 26.1. The zero-order chi connectivity index (χ0) is 14.7. The molecule has 20 heavy (non-hydrogen) atoms. The van der Waals surface area contributed by atoms with Gasteiger partial charge in [0.2, 0.25) is 0 Å². The molecule has 0 radical (unpaired) electrons. The van der Waals surface area contributed by atoms with Crippen LogP contribution in [0.1, 0.15) is 43.5 Å². The van der Waals surface area contributed by atoms with Crippen LogP contribution in [0.5, 0.6) is 0 Å². The second-order valence-electron chi connectivity index (χ2n) is 5.94. The van der Waals surface area contributed by atoms with Crippen LogP contribution < -0.4 is 11.1 Å². The number of hydrogen-bond donors (Lipinski definition) is 2. The number of ether oxygens (including phenoxy) is 1. The molecule has 1 saturated carbocycles. The highest BCUT2D eigenvalue weighted by Gasteiger charge is 2.25. The zero-order valence-corrected chi connectivity index (χ0v) is 12.5. The van der Waals surface area contributed by atoms with E-state index in [4.69, 9.17) is 10.5 Å². The molecular formula is C16H24N2O2. The van der Waals surface area contributed by atoms with Crippen molar-refractivity contribution < 1.29 is 9.53 Å². The molecule has 1 aliphatic carbocycles. The van der Waals surface area contributed by atoms with E-state index < -0.39 is 5.97 Å². The van der Waals surface area contributed by atoms with Gasteiger partial charge in [-0.3, -0.25) is 0 Å². The Bertz CT molecular complexity index is 487. The van der Waals surface area contributed by atoms with Gasteiger partial charge >= 0.3 is 5.97 Å². The van der Waals surface area contributed by atoms with E-state index in [9.17, 15) is 4.79 Å². The van der Waals surface area contributed by atoms with E-state index in [0.717, 1.165) is 11.6 Å². The first-order valence-electron chi connectivity index (χ1n) is 7.25. The average molecular weight is 276 g/mol. The number of carbonyl (C=O) groups is 1. The fourth-order valence-electron chi connectivity index (χ4n) is 3.03. The third kappa shape index (κ3) is 3.24. The Morgan fingerprint density at radius 3 is 2.75 bits per heavy atom. The molecule has 0 aliphatic heterocycles. The highest BCUT2D eigenvalue weighted by Crippen LogP contribution is 2.31. The fourth-order valence-corrected chi connectivity index (χ4v) is 3.03. The largest absolute Gasteiger partial charge is 0.465 e. The summed E-state index contributed by atoms with van der Waals surface area (Å²) in [6.07, 6.45) is 3.66. The quantitative estimate of drug-likeness (QED) is 0.657. The summed E-state index contributed by atoms with van der Waals surface area (Å²) in [5, 5.41) is 3.53. The molecule has 110 valence electrons. The SMILES string of the molecule is COC(=O)c1cc(NC2CCC(C)CC2C)ccc1N. The van der Waals surface area contributed by atoms with Gasteiger partial charge in [-0.25, -0.2) is 4.79 Å². The average Bonchev–Trinajstić information content (AvgIpc) is 2.43. The molecule has 0 amide bonds. The van der Waals surface area contributed by atoms with Crippen LogP contribution in [0.4, 0.5) is 11.4 Å². The van der Waals surface area contributed by atoms with Crippen molar-refractivity contribution in [3.63, 3.8) is 0 Å². The van der Waals surface area contributed by atoms with Crippen LogP contribution >= 0.6 is 0 Å². The third-order valence-corrected chi connectivity index (χ3v) is 4.24. The van der Waals surface area contributed by atoms with Gasteiger partial charge in [-0.2, -0.15) is 0 Å². The van der Waals surface area contributed by atoms with Crippen LogP contribution in [0.2, 0.25) is 0 Å². The highest BCUT2D eigenvalue weighted by atomic mass is 16.5. The summed E-state index contributed by atoms with van der Waals surface area (Å²) in [5.41, 5.74) is 7.63. The number of nitrogen functional groups attached to an aromatic ring is 1. The number of esters is 1. The molecule has 1 aromatic rings. The number of anilines is 2. The fraction of sp³-hybridized carbons (Fsp3) is 0.562. The molecule has 0 aromatic heterocycles. The molecule has 4 heteroatoms. The van der Waals surface area contributed by atoms with Crippen LogP contribution in [0, 0.1) is 11.8 Å². The number of rotatable bonds is 3. The lowest BCUT2D eigenvalue weighted by Crippen LogP contribution is -2.33. The first kappa shape index (κ1) is 14.7. The molecule has 3 atom stereocenters. The smallest absolute Gasteiger partial charge is 0.340 e. The van der Waals surface area contributed by atoms with Crippen molar-refractivity contribution in [2.24, 2.45) is 11.8 Å². The second-order valence-corrected chi connectivity index (χ2v) is 5.94. The van der Waals surface area contributed by atoms with Crippen LogP contribution in [-0.4, -0.2) is 19.1 Å². The Kier molecular flexibility index (Phi) is 4.53. The maximum Gasteiger partial charge on any atom is 0.340 e. The number of benzene rings is 1. The van der Waals surface area contributed by atoms with Gasteiger partial charge in [0, 0.05) is 17.4 Å². The van der Waals surface area contributed by atoms with Crippen molar-refractivity contribution in [1.29, 1.82) is 0 Å². The van der Waals surface area contributed by atoms with Crippen LogP contribution in [0.3, 0.4) is 0 Å². The van der Waals surface area contributed by atoms with E-state index in [1.54, 1.807) is 12.1 Å². The van der Waals surface area contributed by atoms with E-state index in [-0.39, 0.29) is 0 Å². The van der Waals surface area contributed by atoms with Gasteiger partial charge in [0.25, 0.3) is 0 Å². The Morgan fingerprint density at radius 1 is 1.35 bits per heavy atom. The number of nitrogens with one attached hydrogen (secondary N) is 1. The molecule has 0 spiro atoms. The predicted molar refractivity (Wildman–Crippen MR) is 81.8 cm³/mol. The van der Waals surface area contributed by atoms with Crippen molar-refractivity contribution in [3.8, 4) is 0 Å². The summed E-state index contributed by atoms with van der Waals surface area (Å²) in [5.74, 6) is 1.05. The summed E-state index contributed by atoms with van der Waals surface area (Å²) in [6.45, 7) is 4.59. The van der Waals surface area contributed by atoms with Crippen molar-refractivity contribution in [2.75, 3.05) is 18.2 Å². The highest BCUT2D eigenvalue weighted by molar-refractivity contribution is 5.96. The maximum atomic E-state index is 11.7. The lowest BCUT2D eigenvalue weighted by molar-refractivity contribution is 0.0602. The van der Waals surface area contributed by atoms with Crippen molar-refractivity contribution in [2.45, 2.75) is 39.2 Å². The molecule has 3 unspecified atom stereocenters. The first-order valence-corrected chi connectivity index (χ1v) is 7.25. The van der Waals surface area contributed by atoms with E-state index in [0.29, 0.717) is 23.2 Å². The first-order chi connectivity index (χ1) is 9.51. The topological polar surface area (TPSA) is 64.3 Å². The van der Waals surface area contributed by atoms with E-state index >= 15 is 0 Å². The summed E-state index contributed by atoms with van der Waals surface area (Å²) < 4.78 is 4.75. The third-order valence-electron chi connectivity index (χ3n) is 4.24. The minimum absolute atomic E-state index is 0.392. The molecule has 1 aliphatic rings. The van der Waals surface area contributed by atoms with Gasteiger partial charge in [0.15, 0.2) is 0 Å². The molecule has 3 N–H and O–H groups in total. The van der Waals surface area contributed by atoms with Crippen molar-refractivity contribution in [1.82, 2.24) is 0 Å². The summed E-state index contributed by atoms with van der Waals surface area (Å²) in [7, 11) is 1.37. The van der Waals surface area contributed by atoms with Crippen LogP contribution in [0.15, 0.2) is 18.2 Å². The summed E-state index contributed by atoms with van der Waals surface area (Å²) in [6, 6.07) is 5.92. The molecule has 4 nitrogen and oxygen atoms in total. The molecule has 1 fully saturated rings. The minimum atomic E-state index is -0.392. The van der Waals surface area contributed by atoms with E-state index in [1.165, 1.54) is 26.4 Å². The van der Waals surface area contributed by atoms with Gasteiger partial charge in [-0.05, 0) is 49.3 Å². The van der Waals surface area contributed by atoms with Crippen LogP contribution in [-0.2, 0) is 4.74 Å². The number of nitrogens with two attached hydrogens (primary N) is 1. The maximum absolute atomic E-state index is 11.7. The zero-order valence-electron chi connectivity index (χ0n) is 12.5. The lowest BCUT2D eigenvalue weighted by atomic mass is 9.80. The summed E-state index contributed by atoms with van der Waals surface area (Å²) >= 11 is 0. The van der Waals surface area contributed by atoms with E-state index in [2.05, 4.69) is 19.2 Å². The molecule has 2 rings (SSSR count). The standard InChI is InChI=1S/C16H24N2O2/c1-10-4-7-15(11(2)8-10)18-12-5-6-14(17)13(9-12)16(19)20-3/h5-6,9-11,15,18H,4,7-8,17H2,1-3H3. The van der Waals surface area contributed by atoms with Gasteiger partial charge in [0.1, 0.15) is 0 Å². The predicted octanol–water partition coefficient (Wildman–Crippen LogP) is 3.29. The van der Waals surface area contributed by atoms with Crippen LogP contribution in [0.25, 0.3) is 0 Å².